The molecule has 7 nitrogen and oxygen atoms in total. The zero-order chi connectivity index (χ0) is 26.8. The molecular weight excluding hydrogens is 503 g/mol. The summed E-state index contributed by atoms with van der Waals surface area (Å²) in [6.07, 6.45) is 3.71. The SMILES string of the molecule is FC(F)(F)c1nc(Nc2ccc3c(c2)CCC(N2CCCC2)CC3)n(Cc2ccnc(-c3ccccc3)n2)n1. The number of likely N-dealkylation sites (tertiary alicyclic amines) is 1. The van der Waals surface area contributed by atoms with Crippen molar-refractivity contribution in [2.45, 2.75) is 57.3 Å². The van der Waals surface area contributed by atoms with Gasteiger partial charge in [0.1, 0.15) is 0 Å². The highest BCUT2D eigenvalue weighted by molar-refractivity contribution is 5.57. The number of hydrogen-bond acceptors (Lipinski definition) is 6. The number of anilines is 2. The zero-order valence-corrected chi connectivity index (χ0v) is 21.5. The molecule has 1 N–H and O–H groups in total. The molecule has 3 heterocycles. The topological polar surface area (TPSA) is 71.8 Å². The summed E-state index contributed by atoms with van der Waals surface area (Å²) in [5.74, 6) is -0.673. The third-order valence-electron chi connectivity index (χ3n) is 7.60. The average Bonchev–Trinajstić information content (AvgIpc) is 3.56. The van der Waals surface area contributed by atoms with Crippen molar-refractivity contribution in [2.75, 3.05) is 18.4 Å². The van der Waals surface area contributed by atoms with Crippen LogP contribution in [0, 0.1) is 0 Å². The number of hydrogen-bond donors (Lipinski definition) is 1. The molecule has 0 spiro atoms. The minimum atomic E-state index is -4.67. The number of aromatic nitrogens is 5. The fourth-order valence-corrected chi connectivity index (χ4v) is 5.60. The van der Waals surface area contributed by atoms with Crippen LogP contribution < -0.4 is 5.32 Å². The normalized spacial score (nSPS) is 18.1. The Bertz CT molecular complexity index is 1430. The maximum atomic E-state index is 13.6. The van der Waals surface area contributed by atoms with Crippen LogP contribution in [0.2, 0.25) is 0 Å². The second-order valence-corrected chi connectivity index (χ2v) is 10.2. The van der Waals surface area contributed by atoms with Crippen LogP contribution in [0.4, 0.5) is 24.8 Å². The molecule has 1 fully saturated rings. The van der Waals surface area contributed by atoms with Gasteiger partial charge in [0.05, 0.1) is 12.2 Å². The van der Waals surface area contributed by atoms with Gasteiger partial charge >= 0.3 is 6.18 Å². The molecular formula is C29H30F3N7. The Morgan fingerprint density at radius 3 is 2.44 bits per heavy atom. The molecule has 10 heteroatoms. The van der Waals surface area contributed by atoms with Gasteiger partial charge in [-0.2, -0.15) is 18.2 Å². The molecule has 1 unspecified atom stereocenters. The van der Waals surface area contributed by atoms with Crippen LogP contribution in [0.15, 0.2) is 60.8 Å². The molecule has 2 aliphatic rings. The Balaban J connectivity index is 1.24. The molecule has 1 aliphatic carbocycles. The molecule has 202 valence electrons. The Kier molecular flexibility index (Phi) is 7.03. The summed E-state index contributed by atoms with van der Waals surface area (Å²) in [7, 11) is 0. The first-order chi connectivity index (χ1) is 18.9. The lowest BCUT2D eigenvalue weighted by molar-refractivity contribution is -0.144. The smallest absolute Gasteiger partial charge is 0.324 e. The van der Waals surface area contributed by atoms with E-state index in [0.29, 0.717) is 23.2 Å². The standard InChI is InChI=1S/C29H30F3N7/c30-29(31,32)27-36-28(39(37-27)19-24-14-15-33-26(34-24)21-6-2-1-3-7-21)35-23-11-8-20-9-12-25(13-10-22(20)18-23)38-16-4-5-17-38/h1-3,6-8,11,14-15,18,25H,4-5,9-10,12-13,16-17,19H2,(H,35,36,37). The predicted octanol–water partition coefficient (Wildman–Crippen LogP) is 5.89. The van der Waals surface area contributed by atoms with Crippen molar-refractivity contribution < 1.29 is 13.2 Å². The summed E-state index contributed by atoms with van der Waals surface area (Å²) in [5, 5.41) is 6.89. The van der Waals surface area contributed by atoms with Crippen molar-refractivity contribution in [3.63, 3.8) is 0 Å². The van der Waals surface area contributed by atoms with Crippen LogP contribution in [-0.2, 0) is 25.6 Å². The van der Waals surface area contributed by atoms with E-state index in [-0.39, 0.29) is 12.5 Å². The minimum Gasteiger partial charge on any atom is -0.324 e. The van der Waals surface area contributed by atoms with Gasteiger partial charge < -0.3 is 10.2 Å². The van der Waals surface area contributed by atoms with Crippen molar-refractivity contribution in [3.8, 4) is 11.4 Å². The molecule has 0 saturated carbocycles. The van der Waals surface area contributed by atoms with Crippen molar-refractivity contribution in [1.82, 2.24) is 29.6 Å². The monoisotopic (exact) mass is 533 g/mol. The summed E-state index contributed by atoms with van der Waals surface area (Å²) in [5.41, 5.74) is 4.61. The van der Waals surface area contributed by atoms with Gasteiger partial charge in [0.25, 0.3) is 5.82 Å². The van der Waals surface area contributed by atoms with Crippen molar-refractivity contribution in [1.29, 1.82) is 0 Å². The Labute approximate surface area is 225 Å². The molecule has 2 aromatic heterocycles. The third kappa shape index (κ3) is 5.80. The lowest BCUT2D eigenvalue weighted by Crippen LogP contribution is -2.32. The first kappa shape index (κ1) is 25.5. The highest BCUT2D eigenvalue weighted by atomic mass is 19.4. The second kappa shape index (κ2) is 10.8. The molecule has 2 aromatic carbocycles. The minimum absolute atomic E-state index is 0.0101. The van der Waals surface area contributed by atoms with Crippen LogP contribution >= 0.6 is 0 Å². The van der Waals surface area contributed by atoms with Crippen LogP contribution in [0.1, 0.15) is 48.3 Å². The van der Waals surface area contributed by atoms with E-state index >= 15 is 0 Å². The largest absolute Gasteiger partial charge is 0.453 e. The van der Waals surface area contributed by atoms with E-state index in [0.717, 1.165) is 31.2 Å². The number of rotatable bonds is 6. The first-order valence-electron chi connectivity index (χ1n) is 13.4. The molecule has 39 heavy (non-hydrogen) atoms. The summed E-state index contributed by atoms with van der Waals surface area (Å²) < 4.78 is 42.0. The van der Waals surface area contributed by atoms with Crippen molar-refractivity contribution in [2.24, 2.45) is 0 Å². The Morgan fingerprint density at radius 1 is 0.897 bits per heavy atom. The maximum Gasteiger partial charge on any atom is 0.453 e. The van der Waals surface area contributed by atoms with E-state index in [1.165, 1.54) is 41.7 Å². The van der Waals surface area contributed by atoms with E-state index in [2.05, 4.69) is 36.3 Å². The number of halogens is 3. The van der Waals surface area contributed by atoms with Gasteiger partial charge in [0, 0.05) is 23.5 Å². The van der Waals surface area contributed by atoms with E-state index in [4.69, 9.17) is 0 Å². The summed E-state index contributed by atoms with van der Waals surface area (Å²) in [6, 6.07) is 17.8. The van der Waals surface area contributed by atoms with Crippen LogP contribution in [0.25, 0.3) is 11.4 Å². The van der Waals surface area contributed by atoms with Gasteiger partial charge in [-0.15, -0.1) is 5.10 Å². The highest BCUT2D eigenvalue weighted by Gasteiger charge is 2.37. The van der Waals surface area contributed by atoms with Gasteiger partial charge in [-0.3, -0.25) is 0 Å². The summed E-state index contributed by atoms with van der Waals surface area (Å²) in [4.78, 5) is 15.3. The van der Waals surface area contributed by atoms with E-state index in [1.54, 1.807) is 12.3 Å². The number of alkyl halides is 3. The fraction of sp³-hybridized carbons (Fsp3) is 0.379. The van der Waals surface area contributed by atoms with Crippen molar-refractivity contribution >= 4 is 11.6 Å². The van der Waals surface area contributed by atoms with Crippen molar-refractivity contribution in [3.05, 3.63) is 83.4 Å². The number of fused-ring (bicyclic) bond motifs is 1. The lowest BCUT2D eigenvalue weighted by atomic mass is 10.0. The van der Waals surface area contributed by atoms with Crippen LogP contribution in [0.3, 0.4) is 0 Å². The summed E-state index contributed by atoms with van der Waals surface area (Å²) in [6.45, 7) is 2.38. The van der Waals surface area contributed by atoms with E-state index in [9.17, 15) is 13.2 Å². The Morgan fingerprint density at radius 2 is 1.67 bits per heavy atom. The second-order valence-electron chi connectivity index (χ2n) is 10.2. The molecule has 4 aromatic rings. The first-order valence-corrected chi connectivity index (χ1v) is 13.4. The van der Waals surface area contributed by atoms with Crippen LogP contribution in [-0.4, -0.2) is 48.8 Å². The molecule has 1 saturated heterocycles. The lowest BCUT2D eigenvalue weighted by Gasteiger charge is -2.25. The maximum absolute atomic E-state index is 13.6. The Hall–Kier alpha value is -3.79. The highest BCUT2D eigenvalue weighted by Crippen LogP contribution is 2.31. The number of benzene rings is 2. The van der Waals surface area contributed by atoms with E-state index < -0.39 is 12.0 Å². The van der Waals surface area contributed by atoms with Gasteiger partial charge in [-0.1, -0.05) is 36.4 Å². The number of nitrogens with zero attached hydrogens (tertiary/aromatic N) is 6. The van der Waals surface area contributed by atoms with Gasteiger partial charge in [0.2, 0.25) is 5.95 Å². The molecule has 1 atom stereocenters. The molecule has 0 amide bonds. The van der Waals surface area contributed by atoms with Gasteiger partial charge in [-0.25, -0.2) is 14.6 Å². The average molecular weight is 534 g/mol. The predicted molar refractivity (Wildman–Crippen MR) is 143 cm³/mol. The van der Waals surface area contributed by atoms with Crippen LogP contribution in [0.5, 0.6) is 0 Å². The fourth-order valence-electron chi connectivity index (χ4n) is 5.60. The van der Waals surface area contributed by atoms with Gasteiger partial charge in [-0.05, 0) is 80.9 Å². The molecule has 0 bridgehead atoms. The van der Waals surface area contributed by atoms with E-state index in [1.807, 2.05) is 42.5 Å². The summed E-state index contributed by atoms with van der Waals surface area (Å²) >= 11 is 0. The van der Waals surface area contributed by atoms with Gasteiger partial charge in [0.15, 0.2) is 5.82 Å². The quantitative estimate of drug-likeness (QED) is 0.312. The number of nitrogens with one attached hydrogen (secondary N) is 1. The molecule has 6 rings (SSSR count). The molecule has 1 aliphatic heterocycles. The third-order valence-corrected chi connectivity index (χ3v) is 7.60. The molecule has 0 radical (unpaired) electrons. The zero-order valence-electron chi connectivity index (χ0n) is 21.5. The number of aryl methyl sites for hydroxylation is 2.